The SMILES string of the molecule is Cc1ccccc1.OCCc1ccc(F)c(F)c1. The van der Waals surface area contributed by atoms with Crippen molar-refractivity contribution in [2.24, 2.45) is 0 Å². The molecule has 0 aliphatic rings. The Morgan fingerprint density at radius 3 is 2.06 bits per heavy atom. The predicted molar refractivity (Wildman–Crippen MR) is 68.3 cm³/mol. The zero-order chi connectivity index (χ0) is 13.4. The molecule has 18 heavy (non-hydrogen) atoms. The summed E-state index contributed by atoms with van der Waals surface area (Å²) in [7, 11) is 0. The largest absolute Gasteiger partial charge is 0.396 e. The summed E-state index contributed by atoms with van der Waals surface area (Å²) in [6.45, 7) is 2.03. The van der Waals surface area contributed by atoms with Gasteiger partial charge in [-0.3, -0.25) is 0 Å². The fourth-order valence-electron chi connectivity index (χ4n) is 1.36. The lowest BCUT2D eigenvalue weighted by Crippen LogP contribution is -1.92. The summed E-state index contributed by atoms with van der Waals surface area (Å²) < 4.78 is 24.7. The second-order valence-corrected chi connectivity index (χ2v) is 3.88. The molecule has 0 fully saturated rings. The first-order valence-corrected chi connectivity index (χ1v) is 5.70. The van der Waals surface area contributed by atoms with Crippen molar-refractivity contribution in [1.29, 1.82) is 0 Å². The molecule has 0 bridgehead atoms. The minimum Gasteiger partial charge on any atom is -0.396 e. The smallest absolute Gasteiger partial charge is 0.159 e. The maximum Gasteiger partial charge on any atom is 0.159 e. The molecule has 0 atom stereocenters. The van der Waals surface area contributed by atoms with Crippen LogP contribution in [0.4, 0.5) is 8.78 Å². The van der Waals surface area contributed by atoms with Crippen molar-refractivity contribution >= 4 is 0 Å². The van der Waals surface area contributed by atoms with E-state index in [1.807, 2.05) is 18.2 Å². The van der Waals surface area contributed by atoms with E-state index in [0.717, 1.165) is 12.1 Å². The number of halogens is 2. The molecule has 96 valence electrons. The lowest BCUT2D eigenvalue weighted by Gasteiger charge is -1.97. The van der Waals surface area contributed by atoms with Gasteiger partial charge >= 0.3 is 0 Å². The molecule has 0 amide bonds. The molecule has 0 aromatic heterocycles. The predicted octanol–water partition coefficient (Wildman–Crippen LogP) is 3.49. The summed E-state index contributed by atoms with van der Waals surface area (Å²) in [4.78, 5) is 0. The molecule has 0 aliphatic heterocycles. The molecule has 0 heterocycles. The minimum absolute atomic E-state index is 0.0505. The van der Waals surface area contributed by atoms with Crippen molar-refractivity contribution in [2.75, 3.05) is 6.61 Å². The van der Waals surface area contributed by atoms with Gasteiger partial charge in [0.1, 0.15) is 0 Å². The minimum atomic E-state index is -0.865. The van der Waals surface area contributed by atoms with Crippen molar-refractivity contribution < 1.29 is 13.9 Å². The normalized spacial score (nSPS) is 9.56. The molecular formula is C15H16F2O. The highest BCUT2D eigenvalue weighted by Crippen LogP contribution is 2.08. The summed E-state index contributed by atoms with van der Waals surface area (Å²) in [5.41, 5.74) is 1.92. The number of hydrogen-bond donors (Lipinski definition) is 1. The van der Waals surface area contributed by atoms with Crippen LogP contribution in [0.2, 0.25) is 0 Å². The van der Waals surface area contributed by atoms with Crippen molar-refractivity contribution in [3.63, 3.8) is 0 Å². The Morgan fingerprint density at radius 1 is 0.944 bits per heavy atom. The van der Waals surface area contributed by atoms with E-state index < -0.39 is 11.6 Å². The number of benzene rings is 2. The zero-order valence-corrected chi connectivity index (χ0v) is 10.2. The number of hydrogen-bond acceptors (Lipinski definition) is 1. The Hall–Kier alpha value is -1.74. The van der Waals surface area contributed by atoms with Crippen LogP contribution in [0.25, 0.3) is 0 Å². The standard InChI is InChI=1S/C8H8F2O.C7H8/c9-7-2-1-6(3-4-11)5-8(7)10;1-7-5-3-2-4-6-7/h1-2,5,11H,3-4H2;2-6H,1H3. The van der Waals surface area contributed by atoms with Crippen LogP contribution in [0, 0.1) is 18.6 Å². The van der Waals surface area contributed by atoms with Gasteiger partial charge < -0.3 is 5.11 Å². The first-order valence-electron chi connectivity index (χ1n) is 5.70. The fraction of sp³-hybridized carbons (Fsp3) is 0.200. The van der Waals surface area contributed by atoms with Gasteiger partial charge in [-0.15, -0.1) is 0 Å². The van der Waals surface area contributed by atoms with Gasteiger partial charge in [0.15, 0.2) is 11.6 Å². The van der Waals surface area contributed by atoms with Crippen molar-refractivity contribution in [2.45, 2.75) is 13.3 Å². The quantitative estimate of drug-likeness (QED) is 0.865. The first-order chi connectivity index (χ1) is 8.63. The maximum absolute atomic E-state index is 12.4. The van der Waals surface area contributed by atoms with E-state index in [9.17, 15) is 8.78 Å². The van der Waals surface area contributed by atoms with Crippen LogP contribution in [0.3, 0.4) is 0 Å². The second kappa shape index (κ2) is 7.56. The Bertz CT molecular complexity index is 469. The van der Waals surface area contributed by atoms with Crippen LogP contribution in [0.1, 0.15) is 11.1 Å². The van der Waals surface area contributed by atoms with E-state index in [1.54, 1.807) is 0 Å². The molecule has 3 heteroatoms. The summed E-state index contributed by atoms with van der Waals surface area (Å²) in [6.07, 6.45) is 0.358. The fourth-order valence-corrected chi connectivity index (χ4v) is 1.36. The molecule has 1 nitrogen and oxygen atoms in total. The molecule has 0 radical (unpaired) electrons. The lowest BCUT2D eigenvalue weighted by molar-refractivity contribution is 0.299. The number of aliphatic hydroxyl groups excluding tert-OH is 1. The van der Waals surface area contributed by atoms with Gasteiger partial charge in [0.05, 0.1) is 0 Å². The van der Waals surface area contributed by atoms with Crippen LogP contribution in [0.15, 0.2) is 48.5 Å². The van der Waals surface area contributed by atoms with E-state index in [4.69, 9.17) is 5.11 Å². The Kier molecular flexibility index (Phi) is 6.01. The van der Waals surface area contributed by atoms with Gasteiger partial charge in [-0.05, 0) is 31.0 Å². The average Bonchev–Trinajstić information content (AvgIpc) is 2.36. The number of aryl methyl sites for hydroxylation is 1. The lowest BCUT2D eigenvalue weighted by atomic mass is 10.1. The molecule has 0 saturated heterocycles. The number of rotatable bonds is 2. The van der Waals surface area contributed by atoms with Crippen LogP contribution >= 0.6 is 0 Å². The summed E-state index contributed by atoms with van der Waals surface area (Å²) in [5.74, 6) is -1.72. The summed E-state index contributed by atoms with van der Waals surface area (Å²) in [6, 6.07) is 13.9. The molecule has 2 aromatic rings. The molecule has 0 spiro atoms. The van der Waals surface area contributed by atoms with Crippen LogP contribution in [-0.4, -0.2) is 11.7 Å². The van der Waals surface area contributed by atoms with Crippen LogP contribution in [-0.2, 0) is 6.42 Å². The van der Waals surface area contributed by atoms with Crippen LogP contribution in [0.5, 0.6) is 0 Å². The Morgan fingerprint density at radius 2 is 1.61 bits per heavy atom. The maximum atomic E-state index is 12.4. The zero-order valence-electron chi connectivity index (χ0n) is 10.2. The first kappa shape index (κ1) is 14.3. The molecule has 0 aliphatic carbocycles. The van der Waals surface area contributed by atoms with E-state index in [0.29, 0.717) is 12.0 Å². The van der Waals surface area contributed by atoms with E-state index in [-0.39, 0.29) is 6.61 Å². The third-order valence-corrected chi connectivity index (χ3v) is 2.32. The third kappa shape index (κ3) is 5.06. The molecular weight excluding hydrogens is 234 g/mol. The van der Waals surface area contributed by atoms with E-state index >= 15 is 0 Å². The topological polar surface area (TPSA) is 20.2 Å². The van der Waals surface area contributed by atoms with Crippen molar-refractivity contribution in [3.8, 4) is 0 Å². The van der Waals surface area contributed by atoms with Gasteiger partial charge in [-0.1, -0.05) is 42.0 Å². The van der Waals surface area contributed by atoms with Gasteiger partial charge in [-0.25, -0.2) is 8.78 Å². The van der Waals surface area contributed by atoms with Gasteiger partial charge in [0.2, 0.25) is 0 Å². The monoisotopic (exact) mass is 250 g/mol. The third-order valence-electron chi connectivity index (χ3n) is 2.32. The van der Waals surface area contributed by atoms with E-state index in [1.165, 1.54) is 11.6 Å². The molecule has 2 aromatic carbocycles. The van der Waals surface area contributed by atoms with Crippen molar-refractivity contribution in [3.05, 3.63) is 71.3 Å². The van der Waals surface area contributed by atoms with Gasteiger partial charge in [-0.2, -0.15) is 0 Å². The molecule has 0 unspecified atom stereocenters. The summed E-state index contributed by atoms with van der Waals surface area (Å²) in [5, 5.41) is 8.46. The molecule has 1 N–H and O–H groups in total. The Labute approximate surface area is 106 Å². The average molecular weight is 250 g/mol. The molecule has 0 saturated carbocycles. The van der Waals surface area contributed by atoms with Gasteiger partial charge in [0.25, 0.3) is 0 Å². The second-order valence-electron chi connectivity index (χ2n) is 3.88. The highest BCUT2D eigenvalue weighted by atomic mass is 19.2. The number of aliphatic hydroxyl groups is 1. The van der Waals surface area contributed by atoms with E-state index in [2.05, 4.69) is 19.1 Å². The highest BCUT2D eigenvalue weighted by Gasteiger charge is 2.00. The van der Waals surface area contributed by atoms with Gasteiger partial charge in [0, 0.05) is 6.61 Å². The molecule has 2 rings (SSSR count). The highest BCUT2D eigenvalue weighted by molar-refractivity contribution is 5.17. The summed E-state index contributed by atoms with van der Waals surface area (Å²) >= 11 is 0. The Balaban J connectivity index is 0.000000199. The van der Waals surface area contributed by atoms with Crippen molar-refractivity contribution in [1.82, 2.24) is 0 Å². The van der Waals surface area contributed by atoms with Crippen LogP contribution < -0.4 is 0 Å².